The van der Waals surface area contributed by atoms with Crippen LogP contribution in [0, 0.1) is 0 Å². The number of methoxy groups -OCH3 is 2. The van der Waals surface area contributed by atoms with E-state index in [2.05, 4.69) is 0 Å². The summed E-state index contributed by atoms with van der Waals surface area (Å²) in [6.45, 7) is 1.42. The Hall–Kier alpha value is -3.81. The highest BCUT2D eigenvalue weighted by molar-refractivity contribution is 5.79. The van der Waals surface area contributed by atoms with E-state index < -0.39 is 17.7 Å². The highest BCUT2D eigenvalue weighted by atomic mass is 19.4. The van der Waals surface area contributed by atoms with Crippen molar-refractivity contribution in [2.24, 2.45) is 0 Å². The van der Waals surface area contributed by atoms with Gasteiger partial charge in [0.25, 0.3) is 0 Å². The molecule has 0 bridgehead atoms. The van der Waals surface area contributed by atoms with Crippen molar-refractivity contribution < 1.29 is 32.2 Å². The molecule has 0 saturated heterocycles. The van der Waals surface area contributed by atoms with Gasteiger partial charge in [0.2, 0.25) is 5.91 Å². The van der Waals surface area contributed by atoms with Crippen LogP contribution in [0.1, 0.15) is 47.2 Å². The molecule has 4 rings (SSSR count). The van der Waals surface area contributed by atoms with Crippen molar-refractivity contribution in [2.75, 3.05) is 14.2 Å². The molecule has 0 fully saturated rings. The van der Waals surface area contributed by atoms with Crippen LogP contribution in [-0.4, -0.2) is 31.0 Å². The van der Waals surface area contributed by atoms with Gasteiger partial charge in [-0.05, 0) is 64.9 Å². The second kappa shape index (κ2) is 10.7. The molecule has 8 heteroatoms. The van der Waals surface area contributed by atoms with Crippen LogP contribution in [0.3, 0.4) is 0 Å². The maximum absolute atomic E-state index is 13.7. The Labute approximate surface area is 213 Å². The van der Waals surface area contributed by atoms with E-state index in [1.165, 1.54) is 27.2 Å². The number of rotatable bonds is 7. The predicted octanol–water partition coefficient (Wildman–Crippen LogP) is 6.13. The van der Waals surface area contributed by atoms with Gasteiger partial charge in [0.15, 0.2) is 0 Å². The monoisotopic (exact) mass is 511 g/mol. The number of aryl methyl sites for hydroxylation is 1. The van der Waals surface area contributed by atoms with Crippen molar-refractivity contribution in [2.45, 2.75) is 44.9 Å². The van der Waals surface area contributed by atoms with E-state index in [9.17, 15) is 22.8 Å². The molecule has 0 radical (unpaired) electrons. The standard InChI is InChI=1S/C29H28F3NO4/c1-18(34)33(26-12-9-20-6-4-5-7-24(20)26)17-21-16-22(29(30,31)32)10-11-23(21)25-14-19(15-28(35)37-3)8-13-27(25)36-2/h4-8,10-11,13-14,16,26H,9,12,15,17H2,1-3H3/t26-/m0/s1. The summed E-state index contributed by atoms with van der Waals surface area (Å²) in [4.78, 5) is 26.3. The fourth-order valence-electron chi connectivity index (χ4n) is 4.96. The smallest absolute Gasteiger partial charge is 0.416 e. The molecule has 0 aliphatic heterocycles. The van der Waals surface area contributed by atoms with Gasteiger partial charge >= 0.3 is 12.1 Å². The molecule has 3 aromatic carbocycles. The lowest BCUT2D eigenvalue weighted by Crippen LogP contribution is -2.32. The number of fused-ring (bicyclic) bond motifs is 1. The summed E-state index contributed by atoms with van der Waals surface area (Å²) in [7, 11) is 2.76. The third-order valence-corrected chi connectivity index (χ3v) is 6.79. The largest absolute Gasteiger partial charge is 0.496 e. The summed E-state index contributed by atoms with van der Waals surface area (Å²) < 4.78 is 51.5. The second-order valence-electron chi connectivity index (χ2n) is 9.06. The number of halogens is 3. The minimum atomic E-state index is -4.55. The van der Waals surface area contributed by atoms with Gasteiger partial charge in [0.05, 0.1) is 32.2 Å². The van der Waals surface area contributed by atoms with Crippen LogP contribution in [0.2, 0.25) is 0 Å². The van der Waals surface area contributed by atoms with Gasteiger partial charge in [-0.3, -0.25) is 9.59 Å². The van der Waals surface area contributed by atoms with Crippen molar-refractivity contribution in [1.82, 2.24) is 4.90 Å². The zero-order chi connectivity index (χ0) is 26.7. The van der Waals surface area contributed by atoms with Crippen molar-refractivity contribution in [3.63, 3.8) is 0 Å². The van der Waals surface area contributed by atoms with Gasteiger partial charge in [-0.25, -0.2) is 0 Å². The molecule has 194 valence electrons. The van der Waals surface area contributed by atoms with E-state index in [0.29, 0.717) is 34.4 Å². The number of ether oxygens (including phenoxy) is 2. The molecule has 0 N–H and O–H groups in total. The van der Waals surface area contributed by atoms with Gasteiger partial charge < -0.3 is 14.4 Å². The zero-order valence-corrected chi connectivity index (χ0v) is 20.9. The molecule has 0 heterocycles. The Morgan fingerprint density at radius 2 is 1.76 bits per heavy atom. The first-order chi connectivity index (χ1) is 17.6. The number of carbonyl (C=O) groups excluding carboxylic acids is 2. The normalized spacial score (nSPS) is 14.7. The number of hydrogen-bond donors (Lipinski definition) is 0. The predicted molar refractivity (Wildman–Crippen MR) is 133 cm³/mol. The van der Waals surface area contributed by atoms with Crippen molar-refractivity contribution in [3.05, 3.63) is 88.5 Å². The zero-order valence-electron chi connectivity index (χ0n) is 20.9. The van der Waals surface area contributed by atoms with E-state index in [4.69, 9.17) is 9.47 Å². The Morgan fingerprint density at radius 3 is 2.43 bits per heavy atom. The molecule has 1 amide bonds. The molecule has 37 heavy (non-hydrogen) atoms. The maximum atomic E-state index is 13.7. The van der Waals surface area contributed by atoms with Crippen LogP contribution in [-0.2, 0) is 39.9 Å². The van der Waals surface area contributed by atoms with Crippen molar-refractivity contribution >= 4 is 11.9 Å². The van der Waals surface area contributed by atoms with Gasteiger partial charge in [-0.1, -0.05) is 36.4 Å². The lowest BCUT2D eigenvalue weighted by molar-refractivity contribution is -0.140. The summed E-state index contributed by atoms with van der Waals surface area (Å²) in [6, 6.07) is 16.2. The average molecular weight is 512 g/mol. The molecule has 1 aliphatic carbocycles. The third-order valence-electron chi connectivity index (χ3n) is 6.79. The molecule has 3 aromatic rings. The van der Waals surface area contributed by atoms with E-state index >= 15 is 0 Å². The molecule has 0 spiro atoms. The van der Waals surface area contributed by atoms with Crippen LogP contribution >= 0.6 is 0 Å². The van der Waals surface area contributed by atoms with Crippen LogP contribution in [0.15, 0.2) is 60.7 Å². The molecule has 0 unspecified atom stereocenters. The summed E-state index contributed by atoms with van der Waals surface area (Å²) >= 11 is 0. The molecule has 5 nitrogen and oxygen atoms in total. The first-order valence-corrected chi connectivity index (χ1v) is 11.9. The Balaban J connectivity index is 1.82. The molecule has 0 saturated carbocycles. The highest BCUT2D eigenvalue weighted by Crippen LogP contribution is 2.41. The van der Waals surface area contributed by atoms with E-state index in [1.54, 1.807) is 23.1 Å². The molecular formula is C29H28F3NO4. The van der Waals surface area contributed by atoms with Gasteiger partial charge in [0.1, 0.15) is 5.75 Å². The Kier molecular flexibility index (Phi) is 7.57. The van der Waals surface area contributed by atoms with E-state index in [0.717, 1.165) is 29.7 Å². The van der Waals surface area contributed by atoms with Crippen LogP contribution in [0.25, 0.3) is 11.1 Å². The summed E-state index contributed by atoms with van der Waals surface area (Å²) in [5.41, 5.74) is 3.34. The van der Waals surface area contributed by atoms with Gasteiger partial charge in [0, 0.05) is 19.0 Å². The van der Waals surface area contributed by atoms with E-state index in [1.807, 2.05) is 24.3 Å². The first kappa shape index (κ1) is 26.3. The number of hydrogen-bond acceptors (Lipinski definition) is 4. The Morgan fingerprint density at radius 1 is 1.00 bits per heavy atom. The van der Waals surface area contributed by atoms with Crippen molar-refractivity contribution in [1.29, 1.82) is 0 Å². The summed E-state index contributed by atoms with van der Waals surface area (Å²) in [6.07, 6.45) is -3.05. The third kappa shape index (κ3) is 5.63. The van der Waals surface area contributed by atoms with Crippen LogP contribution in [0.5, 0.6) is 5.75 Å². The number of carbonyl (C=O) groups is 2. The number of benzene rings is 3. The lowest BCUT2D eigenvalue weighted by atomic mass is 9.93. The van der Waals surface area contributed by atoms with Gasteiger partial charge in [-0.2, -0.15) is 13.2 Å². The van der Waals surface area contributed by atoms with Crippen molar-refractivity contribution in [3.8, 4) is 16.9 Å². The number of alkyl halides is 3. The molecular weight excluding hydrogens is 483 g/mol. The topological polar surface area (TPSA) is 55.8 Å². The fourth-order valence-corrected chi connectivity index (χ4v) is 4.96. The quantitative estimate of drug-likeness (QED) is 0.358. The fraction of sp³-hybridized carbons (Fsp3) is 0.310. The second-order valence-corrected chi connectivity index (χ2v) is 9.06. The molecule has 1 atom stereocenters. The number of nitrogens with zero attached hydrogens (tertiary/aromatic N) is 1. The minimum absolute atomic E-state index is 0.00188. The van der Waals surface area contributed by atoms with Crippen LogP contribution < -0.4 is 4.74 Å². The maximum Gasteiger partial charge on any atom is 0.416 e. The lowest BCUT2D eigenvalue weighted by Gasteiger charge is -2.30. The highest BCUT2D eigenvalue weighted by Gasteiger charge is 2.33. The van der Waals surface area contributed by atoms with E-state index in [-0.39, 0.29) is 24.9 Å². The number of esters is 1. The first-order valence-electron chi connectivity index (χ1n) is 11.9. The average Bonchev–Trinajstić information content (AvgIpc) is 3.30. The van der Waals surface area contributed by atoms with Crippen LogP contribution in [0.4, 0.5) is 13.2 Å². The molecule has 1 aliphatic rings. The summed E-state index contributed by atoms with van der Waals surface area (Å²) in [5, 5.41) is 0. The molecule has 0 aromatic heterocycles. The minimum Gasteiger partial charge on any atom is -0.496 e. The van der Waals surface area contributed by atoms with Gasteiger partial charge in [-0.15, -0.1) is 0 Å². The Bertz CT molecular complexity index is 1320. The SMILES string of the molecule is COC(=O)Cc1ccc(OC)c(-c2ccc(C(F)(F)F)cc2CN(C(C)=O)[C@H]2CCc3ccccc32)c1. The summed E-state index contributed by atoms with van der Waals surface area (Å²) in [5.74, 6) is -0.224. The number of amides is 1.